The van der Waals surface area contributed by atoms with Gasteiger partial charge in [-0.05, 0) is 96.0 Å². The van der Waals surface area contributed by atoms with Crippen molar-refractivity contribution in [1.29, 1.82) is 0 Å². The molecular formula is C28H28N6O2. The van der Waals surface area contributed by atoms with Gasteiger partial charge in [-0.3, -0.25) is 9.78 Å². The fourth-order valence-corrected chi connectivity index (χ4v) is 5.66. The molecule has 36 heavy (non-hydrogen) atoms. The molecule has 0 spiro atoms. The Morgan fingerprint density at radius 3 is 2.58 bits per heavy atom. The van der Waals surface area contributed by atoms with Crippen LogP contribution in [0.25, 0.3) is 22.5 Å². The molecule has 2 heterocycles. The van der Waals surface area contributed by atoms with Crippen molar-refractivity contribution in [2.75, 3.05) is 5.32 Å². The Hall–Kier alpha value is -4.07. The number of carbonyl (C=O) groups is 1. The summed E-state index contributed by atoms with van der Waals surface area (Å²) in [7, 11) is 1.77. The van der Waals surface area contributed by atoms with Gasteiger partial charge in [0, 0.05) is 17.2 Å². The van der Waals surface area contributed by atoms with Crippen LogP contribution in [0.3, 0.4) is 0 Å². The number of fused-ring (bicyclic) bond motifs is 1. The minimum absolute atomic E-state index is 0.0499. The van der Waals surface area contributed by atoms with Gasteiger partial charge in [0.25, 0.3) is 0 Å². The van der Waals surface area contributed by atoms with Crippen LogP contribution in [0.15, 0.2) is 48.7 Å². The second kappa shape index (κ2) is 8.55. The van der Waals surface area contributed by atoms with E-state index >= 15 is 0 Å². The van der Waals surface area contributed by atoms with Gasteiger partial charge in [0.2, 0.25) is 5.82 Å². The highest BCUT2D eigenvalue weighted by molar-refractivity contribution is 5.79. The van der Waals surface area contributed by atoms with Crippen molar-refractivity contribution in [3.05, 3.63) is 76.6 Å². The van der Waals surface area contributed by atoms with Crippen LogP contribution in [-0.4, -0.2) is 36.3 Å². The van der Waals surface area contributed by atoms with Crippen LogP contribution in [0.4, 0.5) is 5.69 Å². The van der Waals surface area contributed by atoms with Crippen molar-refractivity contribution in [1.82, 2.24) is 25.2 Å². The van der Waals surface area contributed by atoms with Crippen LogP contribution in [0, 0.1) is 19.8 Å². The fourth-order valence-electron chi connectivity index (χ4n) is 5.66. The highest BCUT2D eigenvalue weighted by Gasteiger charge is 2.45. The smallest absolute Gasteiger partial charge is 0.307 e. The maximum Gasteiger partial charge on any atom is 0.307 e. The molecule has 1 saturated carbocycles. The second-order valence-electron chi connectivity index (χ2n) is 9.96. The summed E-state index contributed by atoms with van der Waals surface area (Å²) in [6.07, 6.45) is 4.53. The zero-order valence-corrected chi connectivity index (χ0v) is 20.6. The standard InChI is InChI=1S/C28H28N6O2/c1-15-11-17(27-31-33-34(3)32-27)12-16(2)26(15)21-6-4-5-20-19(21)8-10-25(20)30-18-7-9-24(29-14-18)22-13-23(22)28(35)36/h4-7,9,11-12,14,22-23,25,30H,8,10,13H2,1-3H3,(H,35,36)/t22-,23-,25-/m1/s1. The van der Waals surface area contributed by atoms with Gasteiger partial charge in [-0.15, -0.1) is 10.2 Å². The predicted molar refractivity (Wildman–Crippen MR) is 137 cm³/mol. The number of rotatable bonds is 6. The predicted octanol–water partition coefficient (Wildman–Crippen LogP) is 4.84. The molecule has 0 amide bonds. The van der Waals surface area contributed by atoms with E-state index in [1.807, 2.05) is 18.3 Å². The van der Waals surface area contributed by atoms with Crippen molar-refractivity contribution in [2.24, 2.45) is 13.0 Å². The highest BCUT2D eigenvalue weighted by atomic mass is 16.4. The van der Waals surface area contributed by atoms with Gasteiger partial charge in [0.05, 0.1) is 30.9 Å². The van der Waals surface area contributed by atoms with Crippen molar-refractivity contribution >= 4 is 11.7 Å². The molecule has 182 valence electrons. The number of carboxylic acids is 1. The number of nitrogens with zero attached hydrogens (tertiary/aromatic N) is 5. The third-order valence-electron chi connectivity index (χ3n) is 7.45. The molecule has 0 unspecified atom stereocenters. The van der Waals surface area contributed by atoms with Crippen LogP contribution in [-0.2, 0) is 18.3 Å². The summed E-state index contributed by atoms with van der Waals surface area (Å²) in [6.45, 7) is 4.29. The molecule has 4 aromatic rings. The average Bonchev–Trinajstić information content (AvgIpc) is 3.39. The molecule has 2 aromatic heterocycles. The lowest BCUT2D eigenvalue weighted by Gasteiger charge is -2.18. The van der Waals surface area contributed by atoms with E-state index < -0.39 is 5.97 Å². The molecule has 2 aromatic carbocycles. The van der Waals surface area contributed by atoms with Crippen molar-refractivity contribution in [3.63, 3.8) is 0 Å². The summed E-state index contributed by atoms with van der Waals surface area (Å²) >= 11 is 0. The van der Waals surface area contributed by atoms with Gasteiger partial charge in [-0.1, -0.05) is 18.2 Å². The van der Waals surface area contributed by atoms with Crippen LogP contribution >= 0.6 is 0 Å². The molecule has 0 bridgehead atoms. The molecule has 8 heteroatoms. The Kier molecular flexibility index (Phi) is 5.32. The van der Waals surface area contributed by atoms with Crippen LogP contribution in [0.1, 0.15) is 52.7 Å². The number of hydrogen-bond acceptors (Lipinski definition) is 6. The van der Waals surface area contributed by atoms with E-state index in [0.29, 0.717) is 12.2 Å². The number of carboxylic acid groups (broad SMARTS) is 1. The lowest BCUT2D eigenvalue weighted by molar-refractivity contribution is -0.138. The topological polar surface area (TPSA) is 106 Å². The number of hydrogen-bond donors (Lipinski definition) is 2. The number of benzene rings is 2. The molecule has 2 N–H and O–H groups in total. The first-order valence-electron chi connectivity index (χ1n) is 12.3. The molecule has 6 rings (SSSR count). The monoisotopic (exact) mass is 480 g/mol. The first kappa shape index (κ1) is 22.4. The zero-order chi connectivity index (χ0) is 25.0. The average molecular weight is 481 g/mol. The van der Waals surface area contributed by atoms with Crippen molar-refractivity contribution in [2.45, 2.75) is 45.1 Å². The van der Waals surface area contributed by atoms with Crippen molar-refractivity contribution in [3.8, 4) is 22.5 Å². The minimum Gasteiger partial charge on any atom is -0.481 e. The lowest BCUT2D eigenvalue weighted by Crippen LogP contribution is -2.08. The number of aromatic nitrogens is 5. The highest BCUT2D eigenvalue weighted by Crippen LogP contribution is 2.47. The van der Waals surface area contributed by atoms with Crippen LogP contribution < -0.4 is 5.32 Å². The Labute approximate surface area is 209 Å². The molecule has 2 aliphatic carbocycles. The molecular weight excluding hydrogens is 452 g/mol. The summed E-state index contributed by atoms with van der Waals surface area (Å²) in [5.41, 5.74) is 10.5. The van der Waals surface area contributed by atoms with E-state index in [0.717, 1.165) is 29.8 Å². The van der Waals surface area contributed by atoms with E-state index in [4.69, 9.17) is 0 Å². The van der Waals surface area contributed by atoms with Gasteiger partial charge in [-0.25, -0.2) is 0 Å². The third kappa shape index (κ3) is 3.92. The minimum atomic E-state index is -0.729. The summed E-state index contributed by atoms with van der Waals surface area (Å²) in [6, 6.07) is 15.1. The second-order valence-corrected chi connectivity index (χ2v) is 9.96. The van der Waals surface area contributed by atoms with Crippen LogP contribution in [0.5, 0.6) is 0 Å². The first-order valence-corrected chi connectivity index (χ1v) is 12.3. The molecule has 8 nitrogen and oxygen atoms in total. The third-order valence-corrected chi connectivity index (χ3v) is 7.45. The van der Waals surface area contributed by atoms with E-state index in [1.54, 1.807) is 7.05 Å². The number of aliphatic carboxylic acids is 1. The zero-order valence-electron chi connectivity index (χ0n) is 20.6. The van der Waals surface area contributed by atoms with Crippen molar-refractivity contribution < 1.29 is 9.90 Å². The summed E-state index contributed by atoms with van der Waals surface area (Å²) in [5, 5.41) is 25.3. The Morgan fingerprint density at radius 1 is 1.14 bits per heavy atom. The number of anilines is 1. The fraction of sp³-hybridized carbons (Fsp3) is 0.321. The van der Waals surface area contributed by atoms with Gasteiger partial charge < -0.3 is 10.4 Å². The number of pyridine rings is 1. The molecule has 1 fully saturated rings. The van der Waals surface area contributed by atoms with E-state index in [2.05, 4.69) is 69.9 Å². The van der Waals surface area contributed by atoms with Gasteiger partial charge in [0.15, 0.2) is 0 Å². The molecule has 0 saturated heterocycles. The SMILES string of the molecule is Cc1cc(-c2nnn(C)n2)cc(C)c1-c1cccc2c1CC[C@H]2Nc1ccc([C@@H]2C[C@H]2C(=O)O)nc1. The lowest BCUT2D eigenvalue weighted by atomic mass is 9.89. The van der Waals surface area contributed by atoms with Gasteiger partial charge in [-0.2, -0.15) is 4.80 Å². The summed E-state index contributed by atoms with van der Waals surface area (Å²) in [4.78, 5) is 17.2. The van der Waals surface area contributed by atoms with E-state index in [1.165, 1.54) is 38.2 Å². The maximum absolute atomic E-state index is 11.2. The van der Waals surface area contributed by atoms with Crippen LogP contribution in [0.2, 0.25) is 0 Å². The number of aryl methyl sites for hydroxylation is 3. The molecule has 0 aliphatic heterocycles. The molecule has 3 atom stereocenters. The number of nitrogens with one attached hydrogen (secondary N) is 1. The maximum atomic E-state index is 11.2. The Bertz CT molecular complexity index is 1450. The quantitative estimate of drug-likeness (QED) is 0.407. The Morgan fingerprint density at radius 2 is 1.94 bits per heavy atom. The normalized spacial score (nSPS) is 20.2. The molecule has 2 aliphatic rings. The first-order chi connectivity index (χ1) is 17.4. The van der Waals surface area contributed by atoms with E-state index in [9.17, 15) is 9.90 Å². The summed E-state index contributed by atoms with van der Waals surface area (Å²) < 4.78 is 0. The largest absolute Gasteiger partial charge is 0.481 e. The van der Waals surface area contributed by atoms with Gasteiger partial charge >= 0.3 is 5.97 Å². The van der Waals surface area contributed by atoms with E-state index in [-0.39, 0.29) is 17.9 Å². The molecule has 0 radical (unpaired) electrons. The van der Waals surface area contributed by atoms with Gasteiger partial charge in [0.1, 0.15) is 0 Å². The number of tetrazole rings is 1. The summed E-state index contributed by atoms with van der Waals surface area (Å²) in [5.74, 6) is -0.325. The Balaban J connectivity index is 1.25.